The van der Waals surface area contributed by atoms with E-state index < -0.39 is 0 Å². The lowest BCUT2D eigenvalue weighted by Crippen LogP contribution is -2.54. The fraction of sp³-hybridized carbons (Fsp3) is 0.435. The minimum atomic E-state index is -0.217. The lowest BCUT2D eigenvalue weighted by atomic mass is 9.69. The molecule has 2 amide bonds. The van der Waals surface area contributed by atoms with Crippen LogP contribution in [-0.2, 0) is 5.54 Å². The van der Waals surface area contributed by atoms with E-state index in [1.165, 1.54) is 5.56 Å². The number of hydrogen-bond acceptors (Lipinski definition) is 4. The van der Waals surface area contributed by atoms with Gasteiger partial charge in [0, 0.05) is 5.54 Å². The van der Waals surface area contributed by atoms with E-state index in [0.29, 0.717) is 12.2 Å². The Morgan fingerprint density at radius 2 is 1.86 bits per heavy atom. The number of aryl methyl sites for hydroxylation is 1. The molecule has 0 atom stereocenters. The molecule has 2 aliphatic rings. The number of amides is 2. The number of benzene rings is 1. The number of urea groups is 1. The number of carbonyl (C=O) groups excluding carboxylic acids is 1. The van der Waals surface area contributed by atoms with Crippen molar-refractivity contribution in [3.63, 3.8) is 0 Å². The molecule has 0 radical (unpaired) electrons. The quantitative estimate of drug-likeness (QED) is 0.871. The highest BCUT2D eigenvalue weighted by Crippen LogP contribution is 2.46. The molecule has 2 heterocycles. The predicted molar refractivity (Wildman–Crippen MR) is 113 cm³/mol. The zero-order valence-electron chi connectivity index (χ0n) is 17.3. The van der Waals surface area contributed by atoms with Gasteiger partial charge in [0.05, 0.1) is 24.0 Å². The number of nitrogens with one attached hydrogen (secondary N) is 1. The molecule has 1 N–H and O–H groups in total. The standard InChI is InChI=1S/C23H27N5O/c1-17-13-19(14-24)25-15-20(17)28-16-22(26-21(28)29)9-11-23(12-10-22,27(2)3)18-7-5-4-6-8-18/h4-8,13,15H,9-12,16H2,1-3H3,(H,26,29). The van der Waals surface area contributed by atoms with Crippen LogP contribution in [0.3, 0.4) is 0 Å². The van der Waals surface area contributed by atoms with Crippen LogP contribution in [0.5, 0.6) is 0 Å². The largest absolute Gasteiger partial charge is 0.330 e. The molecule has 2 aromatic rings. The monoisotopic (exact) mass is 389 g/mol. The third-order valence-electron chi connectivity index (χ3n) is 6.77. The predicted octanol–water partition coefficient (Wildman–Crippen LogP) is 3.56. The van der Waals surface area contributed by atoms with E-state index in [-0.39, 0.29) is 17.1 Å². The van der Waals surface area contributed by atoms with Gasteiger partial charge in [0.2, 0.25) is 0 Å². The number of aromatic nitrogens is 1. The van der Waals surface area contributed by atoms with Gasteiger partial charge in [0.1, 0.15) is 11.8 Å². The van der Waals surface area contributed by atoms with Crippen LogP contribution < -0.4 is 10.2 Å². The van der Waals surface area contributed by atoms with Crippen LogP contribution in [0.15, 0.2) is 42.6 Å². The third-order valence-corrected chi connectivity index (χ3v) is 6.77. The van der Waals surface area contributed by atoms with Crippen LogP contribution in [0.2, 0.25) is 0 Å². The van der Waals surface area contributed by atoms with Gasteiger partial charge in [-0.2, -0.15) is 5.26 Å². The summed E-state index contributed by atoms with van der Waals surface area (Å²) in [6, 6.07) is 14.4. The smallest absolute Gasteiger partial charge is 0.322 e. The van der Waals surface area contributed by atoms with Crippen molar-refractivity contribution in [3.05, 3.63) is 59.4 Å². The average molecular weight is 390 g/mol. The second kappa shape index (κ2) is 7.16. The molecule has 1 spiro atoms. The second-order valence-electron chi connectivity index (χ2n) is 8.56. The van der Waals surface area contributed by atoms with Gasteiger partial charge >= 0.3 is 6.03 Å². The van der Waals surface area contributed by atoms with Gasteiger partial charge in [-0.05, 0) is 63.9 Å². The maximum Gasteiger partial charge on any atom is 0.322 e. The van der Waals surface area contributed by atoms with Crippen LogP contribution in [0.25, 0.3) is 0 Å². The number of nitrogens with zero attached hydrogens (tertiary/aromatic N) is 4. The Bertz CT molecular complexity index is 955. The normalized spacial score (nSPS) is 26.6. The van der Waals surface area contributed by atoms with Crippen molar-refractivity contribution in [3.8, 4) is 6.07 Å². The number of carbonyl (C=O) groups is 1. The van der Waals surface area contributed by atoms with Crippen molar-refractivity contribution in [2.24, 2.45) is 0 Å². The van der Waals surface area contributed by atoms with Crippen molar-refractivity contribution >= 4 is 11.7 Å². The van der Waals surface area contributed by atoms with Crippen LogP contribution in [0.4, 0.5) is 10.5 Å². The Morgan fingerprint density at radius 3 is 2.45 bits per heavy atom. The van der Waals surface area contributed by atoms with Gasteiger partial charge in [-0.3, -0.25) is 9.80 Å². The summed E-state index contributed by atoms with van der Waals surface area (Å²) in [4.78, 5) is 21.1. The molecule has 6 nitrogen and oxygen atoms in total. The minimum Gasteiger partial charge on any atom is -0.330 e. The fourth-order valence-electron chi connectivity index (χ4n) is 4.96. The van der Waals surface area contributed by atoms with Crippen molar-refractivity contribution in [1.29, 1.82) is 5.26 Å². The molecule has 1 aromatic carbocycles. The molecule has 150 valence electrons. The van der Waals surface area contributed by atoms with Crippen molar-refractivity contribution in [2.75, 3.05) is 25.5 Å². The molecule has 1 aliphatic carbocycles. The van der Waals surface area contributed by atoms with Gasteiger partial charge in [0.25, 0.3) is 0 Å². The molecule has 0 unspecified atom stereocenters. The molecule has 0 bridgehead atoms. The highest BCUT2D eigenvalue weighted by atomic mass is 16.2. The molecule has 1 aromatic heterocycles. The lowest BCUT2D eigenvalue weighted by Gasteiger charge is -2.48. The number of rotatable bonds is 3. The summed E-state index contributed by atoms with van der Waals surface area (Å²) in [6.45, 7) is 2.56. The second-order valence-corrected chi connectivity index (χ2v) is 8.56. The highest BCUT2D eigenvalue weighted by Gasteiger charge is 2.50. The Labute approximate surface area is 172 Å². The Kier molecular flexibility index (Phi) is 4.79. The average Bonchev–Trinajstić information content (AvgIpc) is 3.04. The van der Waals surface area contributed by atoms with Crippen LogP contribution in [-0.4, -0.2) is 42.1 Å². The number of hydrogen-bond donors (Lipinski definition) is 1. The van der Waals surface area contributed by atoms with Gasteiger partial charge < -0.3 is 5.32 Å². The van der Waals surface area contributed by atoms with Crippen LogP contribution >= 0.6 is 0 Å². The van der Waals surface area contributed by atoms with E-state index in [1.54, 1.807) is 17.2 Å². The Morgan fingerprint density at radius 1 is 1.17 bits per heavy atom. The van der Waals surface area contributed by atoms with Crippen molar-refractivity contribution in [2.45, 2.75) is 43.7 Å². The van der Waals surface area contributed by atoms with Crippen LogP contribution in [0.1, 0.15) is 42.5 Å². The fourth-order valence-corrected chi connectivity index (χ4v) is 4.96. The Balaban J connectivity index is 1.56. The van der Waals surface area contributed by atoms with E-state index >= 15 is 0 Å². The molecule has 6 heteroatoms. The molecule has 1 aliphatic heterocycles. The van der Waals surface area contributed by atoms with Gasteiger partial charge in [-0.1, -0.05) is 30.3 Å². The molecule has 1 saturated carbocycles. The van der Waals surface area contributed by atoms with Crippen molar-refractivity contribution in [1.82, 2.24) is 15.2 Å². The number of nitriles is 1. The van der Waals surface area contributed by atoms with Gasteiger partial charge in [-0.25, -0.2) is 9.78 Å². The van der Waals surface area contributed by atoms with E-state index in [4.69, 9.17) is 5.26 Å². The van der Waals surface area contributed by atoms with E-state index in [2.05, 4.69) is 65.7 Å². The first-order valence-electron chi connectivity index (χ1n) is 10.1. The summed E-state index contributed by atoms with van der Waals surface area (Å²) in [5.41, 5.74) is 3.17. The summed E-state index contributed by atoms with van der Waals surface area (Å²) in [5, 5.41) is 12.3. The zero-order valence-corrected chi connectivity index (χ0v) is 17.3. The van der Waals surface area contributed by atoms with Gasteiger partial charge in [0.15, 0.2) is 0 Å². The first-order valence-corrected chi connectivity index (χ1v) is 10.1. The maximum atomic E-state index is 12.8. The van der Waals surface area contributed by atoms with Crippen molar-refractivity contribution < 1.29 is 4.79 Å². The summed E-state index contributed by atoms with van der Waals surface area (Å²) in [5.74, 6) is 0. The minimum absolute atomic E-state index is 0.00340. The summed E-state index contributed by atoms with van der Waals surface area (Å²) in [6.07, 6.45) is 5.46. The van der Waals surface area contributed by atoms with E-state index in [9.17, 15) is 4.79 Å². The SMILES string of the molecule is Cc1cc(C#N)ncc1N1CC2(CCC(c3ccccc3)(N(C)C)CC2)NC1=O. The third kappa shape index (κ3) is 3.26. The van der Waals surface area contributed by atoms with Crippen LogP contribution in [0, 0.1) is 18.3 Å². The molecule has 1 saturated heterocycles. The molecule has 2 fully saturated rings. The Hall–Kier alpha value is -2.91. The molecular formula is C23H27N5O. The van der Waals surface area contributed by atoms with Gasteiger partial charge in [-0.15, -0.1) is 0 Å². The molecular weight excluding hydrogens is 362 g/mol. The zero-order chi connectivity index (χ0) is 20.6. The topological polar surface area (TPSA) is 72.3 Å². The number of pyridine rings is 1. The summed E-state index contributed by atoms with van der Waals surface area (Å²) < 4.78 is 0. The van der Waals surface area contributed by atoms with E-state index in [1.807, 2.05) is 6.92 Å². The molecule has 4 rings (SSSR count). The summed E-state index contributed by atoms with van der Waals surface area (Å²) in [7, 11) is 4.30. The first kappa shape index (κ1) is 19.4. The number of anilines is 1. The lowest BCUT2D eigenvalue weighted by molar-refractivity contribution is 0.0658. The van der Waals surface area contributed by atoms with E-state index in [0.717, 1.165) is 36.9 Å². The summed E-state index contributed by atoms with van der Waals surface area (Å²) >= 11 is 0. The highest BCUT2D eigenvalue weighted by molar-refractivity contribution is 5.96. The molecule has 29 heavy (non-hydrogen) atoms. The first-order chi connectivity index (χ1) is 13.9. The maximum absolute atomic E-state index is 12.8.